The zero-order valence-electron chi connectivity index (χ0n) is 8.48. The number of ether oxygens (including phenoxy) is 1. The summed E-state index contributed by atoms with van der Waals surface area (Å²) >= 11 is 1.30. The first-order valence-electron chi connectivity index (χ1n) is 4.98. The average molecular weight is 229 g/mol. The molecule has 0 saturated carbocycles. The third kappa shape index (κ3) is 3.29. The maximum Gasteiger partial charge on any atom is 0.233 e. The van der Waals surface area contributed by atoms with Gasteiger partial charge in [0.15, 0.2) is 0 Å². The van der Waals surface area contributed by atoms with Crippen molar-refractivity contribution in [3.05, 3.63) is 0 Å². The highest BCUT2D eigenvalue weighted by molar-refractivity contribution is 7.09. The van der Waals surface area contributed by atoms with Crippen molar-refractivity contribution in [3.63, 3.8) is 0 Å². The summed E-state index contributed by atoms with van der Waals surface area (Å²) in [5, 5.41) is 3.99. The molecule has 7 heteroatoms. The lowest BCUT2D eigenvalue weighted by molar-refractivity contribution is 0.0398. The van der Waals surface area contributed by atoms with E-state index in [-0.39, 0.29) is 0 Å². The minimum absolute atomic E-state index is 0.342. The Labute approximate surface area is 92.6 Å². The molecule has 15 heavy (non-hydrogen) atoms. The average Bonchev–Trinajstić information content (AvgIpc) is 2.66. The number of nitrogens with zero attached hydrogens (tertiary/aromatic N) is 3. The highest BCUT2D eigenvalue weighted by atomic mass is 32.1. The summed E-state index contributed by atoms with van der Waals surface area (Å²) in [5.74, 6) is 0.342. The fourth-order valence-electron chi connectivity index (χ4n) is 1.45. The van der Waals surface area contributed by atoms with Gasteiger partial charge in [0.1, 0.15) is 0 Å². The van der Waals surface area contributed by atoms with Gasteiger partial charge < -0.3 is 15.8 Å². The number of anilines is 2. The van der Waals surface area contributed by atoms with Crippen LogP contribution in [0.25, 0.3) is 0 Å². The van der Waals surface area contributed by atoms with E-state index in [1.54, 1.807) is 0 Å². The van der Waals surface area contributed by atoms with E-state index < -0.39 is 0 Å². The largest absolute Gasteiger partial charge is 0.379 e. The Balaban J connectivity index is 1.65. The molecule has 6 nitrogen and oxygen atoms in total. The first-order chi connectivity index (χ1) is 7.34. The van der Waals surface area contributed by atoms with Crippen molar-refractivity contribution < 1.29 is 4.74 Å². The second kappa shape index (κ2) is 5.24. The van der Waals surface area contributed by atoms with E-state index in [0.29, 0.717) is 5.95 Å². The van der Waals surface area contributed by atoms with Gasteiger partial charge in [-0.15, -0.1) is 0 Å². The monoisotopic (exact) mass is 229 g/mol. The molecule has 0 spiro atoms. The van der Waals surface area contributed by atoms with Gasteiger partial charge in [0, 0.05) is 37.7 Å². The molecule has 84 valence electrons. The van der Waals surface area contributed by atoms with Crippen molar-refractivity contribution in [1.82, 2.24) is 14.3 Å². The Morgan fingerprint density at radius 3 is 2.93 bits per heavy atom. The molecule has 2 heterocycles. The van der Waals surface area contributed by atoms with Crippen LogP contribution in [0.15, 0.2) is 0 Å². The van der Waals surface area contributed by atoms with Gasteiger partial charge in [-0.05, 0) is 0 Å². The summed E-state index contributed by atoms with van der Waals surface area (Å²) < 4.78 is 9.16. The molecule has 1 aromatic rings. The SMILES string of the molecule is Nc1nsc(NCCN2CCOCC2)n1. The Kier molecular flexibility index (Phi) is 3.70. The molecule has 0 bridgehead atoms. The van der Waals surface area contributed by atoms with E-state index in [1.807, 2.05) is 0 Å². The number of hydrogen-bond acceptors (Lipinski definition) is 7. The molecule has 0 unspecified atom stereocenters. The van der Waals surface area contributed by atoms with E-state index in [9.17, 15) is 0 Å². The third-order valence-corrected chi connectivity index (χ3v) is 2.94. The van der Waals surface area contributed by atoms with Gasteiger partial charge in [0.25, 0.3) is 0 Å². The predicted octanol–water partition coefficient (Wildman–Crippen LogP) is -0.136. The first kappa shape index (κ1) is 10.6. The number of nitrogen functional groups attached to an aromatic ring is 1. The van der Waals surface area contributed by atoms with Crippen molar-refractivity contribution >= 4 is 22.6 Å². The highest BCUT2D eigenvalue weighted by Crippen LogP contribution is 2.10. The van der Waals surface area contributed by atoms with Gasteiger partial charge in [-0.1, -0.05) is 0 Å². The van der Waals surface area contributed by atoms with E-state index in [2.05, 4.69) is 19.6 Å². The normalized spacial score (nSPS) is 17.9. The van der Waals surface area contributed by atoms with Crippen LogP contribution in [-0.2, 0) is 4.74 Å². The molecular weight excluding hydrogens is 214 g/mol. The Bertz CT molecular complexity index is 299. The van der Waals surface area contributed by atoms with Crippen molar-refractivity contribution in [1.29, 1.82) is 0 Å². The smallest absolute Gasteiger partial charge is 0.233 e. The quantitative estimate of drug-likeness (QED) is 0.748. The molecule has 1 saturated heterocycles. The topological polar surface area (TPSA) is 76.3 Å². The number of nitrogens with one attached hydrogen (secondary N) is 1. The summed E-state index contributed by atoms with van der Waals surface area (Å²) in [6.45, 7) is 5.58. The molecular formula is C8H15N5OS. The second-order valence-corrected chi connectivity index (χ2v) is 4.09. The Morgan fingerprint density at radius 2 is 2.27 bits per heavy atom. The number of aromatic nitrogens is 2. The molecule has 1 aromatic heterocycles. The first-order valence-corrected chi connectivity index (χ1v) is 5.75. The minimum atomic E-state index is 0.342. The molecule has 1 aliphatic heterocycles. The molecule has 0 amide bonds. The van der Waals surface area contributed by atoms with Gasteiger partial charge >= 0.3 is 0 Å². The Morgan fingerprint density at radius 1 is 1.47 bits per heavy atom. The summed E-state index contributed by atoms with van der Waals surface area (Å²) in [6, 6.07) is 0. The number of morpholine rings is 1. The van der Waals surface area contributed by atoms with E-state index in [1.165, 1.54) is 11.5 Å². The van der Waals surface area contributed by atoms with Crippen LogP contribution in [0.2, 0.25) is 0 Å². The molecule has 1 aliphatic rings. The lowest BCUT2D eigenvalue weighted by Crippen LogP contribution is -2.38. The molecule has 0 aromatic carbocycles. The van der Waals surface area contributed by atoms with Crippen LogP contribution in [0, 0.1) is 0 Å². The van der Waals surface area contributed by atoms with Crippen LogP contribution in [0.3, 0.4) is 0 Å². The molecule has 0 atom stereocenters. The van der Waals surface area contributed by atoms with Crippen molar-refractivity contribution in [2.24, 2.45) is 0 Å². The lowest BCUT2D eigenvalue weighted by Gasteiger charge is -2.26. The fraction of sp³-hybridized carbons (Fsp3) is 0.750. The van der Waals surface area contributed by atoms with Gasteiger partial charge in [-0.25, -0.2) is 0 Å². The van der Waals surface area contributed by atoms with Gasteiger partial charge in [-0.2, -0.15) is 9.36 Å². The molecule has 1 fully saturated rings. The van der Waals surface area contributed by atoms with Crippen molar-refractivity contribution in [3.8, 4) is 0 Å². The summed E-state index contributed by atoms with van der Waals surface area (Å²) in [7, 11) is 0. The summed E-state index contributed by atoms with van der Waals surface area (Å²) in [4.78, 5) is 6.39. The predicted molar refractivity (Wildman–Crippen MR) is 60.1 cm³/mol. The fourth-order valence-corrected chi connectivity index (χ4v) is 1.97. The van der Waals surface area contributed by atoms with Crippen LogP contribution in [-0.4, -0.2) is 53.7 Å². The molecule has 3 N–H and O–H groups in total. The molecule has 0 aliphatic carbocycles. The Hall–Kier alpha value is -0.920. The molecule has 0 radical (unpaired) electrons. The maximum absolute atomic E-state index is 5.41. The zero-order chi connectivity index (χ0) is 10.5. The number of hydrogen-bond donors (Lipinski definition) is 2. The van der Waals surface area contributed by atoms with Crippen LogP contribution in [0.1, 0.15) is 0 Å². The van der Waals surface area contributed by atoms with E-state index in [0.717, 1.165) is 44.5 Å². The van der Waals surface area contributed by atoms with Crippen LogP contribution < -0.4 is 11.1 Å². The highest BCUT2D eigenvalue weighted by Gasteiger charge is 2.09. The van der Waals surface area contributed by atoms with Crippen molar-refractivity contribution in [2.75, 3.05) is 50.4 Å². The maximum atomic E-state index is 5.41. The number of nitrogens with two attached hydrogens (primary N) is 1. The summed E-state index contributed by atoms with van der Waals surface area (Å²) in [5.41, 5.74) is 5.41. The van der Waals surface area contributed by atoms with Gasteiger partial charge in [0.05, 0.1) is 13.2 Å². The van der Waals surface area contributed by atoms with Crippen LogP contribution in [0.5, 0.6) is 0 Å². The van der Waals surface area contributed by atoms with Gasteiger partial charge in [-0.3, -0.25) is 4.90 Å². The zero-order valence-corrected chi connectivity index (χ0v) is 9.29. The third-order valence-electron chi connectivity index (χ3n) is 2.25. The van der Waals surface area contributed by atoms with E-state index in [4.69, 9.17) is 10.5 Å². The molecule has 2 rings (SSSR count). The van der Waals surface area contributed by atoms with Gasteiger partial charge in [0.2, 0.25) is 11.1 Å². The lowest BCUT2D eigenvalue weighted by atomic mass is 10.4. The van der Waals surface area contributed by atoms with Crippen molar-refractivity contribution in [2.45, 2.75) is 0 Å². The standard InChI is InChI=1S/C8H15N5OS/c9-7-11-8(15-12-7)10-1-2-13-3-5-14-6-4-13/h1-6H2,(H3,9,10,11,12). The second-order valence-electron chi connectivity index (χ2n) is 3.34. The summed E-state index contributed by atoms with van der Waals surface area (Å²) in [6.07, 6.45) is 0. The van der Waals surface area contributed by atoms with Crippen LogP contribution >= 0.6 is 11.5 Å². The minimum Gasteiger partial charge on any atom is -0.379 e. The van der Waals surface area contributed by atoms with Crippen LogP contribution in [0.4, 0.5) is 11.1 Å². The number of rotatable bonds is 4. The van der Waals surface area contributed by atoms with E-state index >= 15 is 0 Å².